The molecule has 10 heteroatoms. The Morgan fingerprint density at radius 2 is 1.74 bits per heavy atom. The van der Waals surface area contributed by atoms with Crippen LogP contribution in [0.25, 0.3) is 16.6 Å². The maximum absolute atomic E-state index is 5.49. The van der Waals surface area contributed by atoms with E-state index in [4.69, 9.17) is 24.2 Å². The summed E-state index contributed by atoms with van der Waals surface area (Å²) in [6.07, 6.45) is 4.62. The minimum atomic E-state index is 0.538. The van der Waals surface area contributed by atoms with Crippen molar-refractivity contribution in [2.45, 2.75) is 20.3 Å². The Morgan fingerprint density at radius 3 is 2.37 bits per heavy atom. The molecular formula is C25H29BrN6O3. The van der Waals surface area contributed by atoms with Gasteiger partial charge in [-0.25, -0.2) is 9.97 Å². The molecule has 4 rings (SSSR count). The van der Waals surface area contributed by atoms with Crippen LogP contribution in [0.1, 0.15) is 20.3 Å². The lowest BCUT2D eigenvalue weighted by Gasteiger charge is -2.21. The molecule has 0 unspecified atom stereocenters. The van der Waals surface area contributed by atoms with E-state index >= 15 is 0 Å². The van der Waals surface area contributed by atoms with Gasteiger partial charge in [-0.15, -0.1) is 0 Å². The van der Waals surface area contributed by atoms with E-state index < -0.39 is 0 Å². The van der Waals surface area contributed by atoms with Gasteiger partial charge in [0.2, 0.25) is 11.7 Å². The van der Waals surface area contributed by atoms with Gasteiger partial charge in [-0.05, 0) is 31.5 Å². The molecule has 0 atom stereocenters. The van der Waals surface area contributed by atoms with E-state index in [0.29, 0.717) is 34.8 Å². The molecule has 0 saturated carbocycles. The molecule has 0 fully saturated rings. The van der Waals surface area contributed by atoms with Crippen molar-refractivity contribution in [3.63, 3.8) is 0 Å². The summed E-state index contributed by atoms with van der Waals surface area (Å²) in [4.78, 5) is 16.4. The molecule has 1 N–H and O–H groups in total. The molecule has 0 saturated heterocycles. The zero-order chi connectivity index (χ0) is 24.9. The van der Waals surface area contributed by atoms with Crippen molar-refractivity contribution in [3.05, 3.63) is 47.3 Å². The molecule has 184 valence electrons. The van der Waals surface area contributed by atoms with Crippen molar-refractivity contribution >= 4 is 44.4 Å². The van der Waals surface area contributed by atoms with Gasteiger partial charge in [0.15, 0.2) is 11.5 Å². The van der Waals surface area contributed by atoms with Crippen LogP contribution in [0.2, 0.25) is 0 Å². The molecule has 0 aliphatic rings. The first-order chi connectivity index (χ1) is 17.0. The second kappa shape index (κ2) is 10.8. The Labute approximate surface area is 213 Å². The van der Waals surface area contributed by atoms with Crippen molar-refractivity contribution in [2.24, 2.45) is 0 Å². The Hall–Kier alpha value is -3.53. The van der Waals surface area contributed by atoms with Crippen LogP contribution in [-0.4, -0.2) is 53.9 Å². The van der Waals surface area contributed by atoms with E-state index in [9.17, 15) is 0 Å². The number of rotatable bonds is 10. The molecule has 35 heavy (non-hydrogen) atoms. The Kier molecular flexibility index (Phi) is 7.60. The fourth-order valence-corrected chi connectivity index (χ4v) is 4.21. The summed E-state index contributed by atoms with van der Waals surface area (Å²) in [5, 5.41) is 4.29. The quantitative estimate of drug-likeness (QED) is 0.278. The number of hydrogen-bond donors (Lipinski definition) is 1. The summed E-state index contributed by atoms with van der Waals surface area (Å²) in [5.41, 5.74) is 1.67. The number of aromatic nitrogens is 4. The summed E-state index contributed by atoms with van der Waals surface area (Å²) < 4.78 is 19.2. The lowest BCUT2D eigenvalue weighted by Crippen LogP contribution is -2.25. The van der Waals surface area contributed by atoms with E-state index in [-0.39, 0.29) is 0 Å². The number of nitrogens with one attached hydrogen (secondary N) is 1. The van der Waals surface area contributed by atoms with Gasteiger partial charge in [0.1, 0.15) is 18.0 Å². The summed E-state index contributed by atoms with van der Waals surface area (Å²) in [7, 11) is 4.77. The third-order valence-electron chi connectivity index (χ3n) is 5.58. The second-order valence-corrected chi connectivity index (χ2v) is 8.70. The number of anilines is 3. The van der Waals surface area contributed by atoms with Crippen molar-refractivity contribution < 1.29 is 14.2 Å². The monoisotopic (exact) mass is 540 g/mol. The largest absolute Gasteiger partial charge is 0.493 e. The third kappa shape index (κ3) is 5.12. The smallest absolute Gasteiger partial charge is 0.227 e. The molecule has 0 amide bonds. The molecule has 0 spiro atoms. The normalized spacial score (nSPS) is 10.9. The van der Waals surface area contributed by atoms with E-state index in [1.807, 2.05) is 41.1 Å². The zero-order valence-corrected chi connectivity index (χ0v) is 22.1. The number of methoxy groups -OCH3 is 3. The number of benzene rings is 2. The summed E-state index contributed by atoms with van der Waals surface area (Å²) in [6.45, 7) is 5.96. The molecule has 2 aromatic carbocycles. The van der Waals surface area contributed by atoms with E-state index in [1.54, 1.807) is 27.7 Å². The van der Waals surface area contributed by atoms with Crippen LogP contribution < -0.4 is 24.4 Å². The molecule has 9 nitrogen and oxygen atoms in total. The van der Waals surface area contributed by atoms with Crippen LogP contribution in [0.3, 0.4) is 0 Å². The Morgan fingerprint density at radius 1 is 1.00 bits per heavy atom. The average molecular weight is 541 g/mol. The van der Waals surface area contributed by atoms with Crippen molar-refractivity contribution in [3.8, 4) is 22.9 Å². The molecule has 0 radical (unpaired) electrons. The standard InChI is InChI=1S/C25H29BrN6O3/c1-6-10-31(7-2)25-28-19-11-16(26)8-9-18(19)24(30-25)29-22-14-32(15-27-22)17-12-20(33-3)23(35-5)21(13-17)34-4/h8-9,11-15H,6-7,10H2,1-5H3,(H,28,29,30). The first kappa shape index (κ1) is 24.6. The highest BCUT2D eigenvalue weighted by atomic mass is 79.9. The Balaban J connectivity index is 1.72. The molecule has 0 bridgehead atoms. The molecule has 4 aromatic rings. The minimum Gasteiger partial charge on any atom is -0.493 e. The van der Waals surface area contributed by atoms with Crippen LogP contribution in [0.15, 0.2) is 47.3 Å². The molecule has 0 aliphatic carbocycles. The second-order valence-electron chi connectivity index (χ2n) is 7.79. The molecule has 2 aromatic heterocycles. The van der Waals surface area contributed by atoms with Gasteiger partial charge in [0.25, 0.3) is 0 Å². The number of fused-ring (bicyclic) bond motifs is 1. The predicted octanol–water partition coefficient (Wildman–Crippen LogP) is 5.58. The minimum absolute atomic E-state index is 0.538. The van der Waals surface area contributed by atoms with Crippen LogP contribution in [0, 0.1) is 0 Å². The number of nitrogens with zero attached hydrogens (tertiary/aromatic N) is 5. The van der Waals surface area contributed by atoms with Gasteiger partial charge in [-0.1, -0.05) is 22.9 Å². The topological polar surface area (TPSA) is 86.6 Å². The number of halogens is 1. The number of ether oxygens (including phenoxy) is 3. The van der Waals surface area contributed by atoms with Crippen molar-refractivity contribution in [1.82, 2.24) is 19.5 Å². The average Bonchev–Trinajstić information content (AvgIpc) is 3.34. The molecule has 0 aliphatic heterocycles. The maximum Gasteiger partial charge on any atom is 0.227 e. The highest BCUT2D eigenvalue weighted by Gasteiger charge is 2.16. The predicted molar refractivity (Wildman–Crippen MR) is 142 cm³/mol. The van der Waals surface area contributed by atoms with Crippen LogP contribution in [0.4, 0.5) is 17.6 Å². The fraction of sp³-hybridized carbons (Fsp3) is 0.320. The summed E-state index contributed by atoms with van der Waals surface area (Å²) in [6, 6.07) is 9.71. The lowest BCUT2D eigenvalue weighted by atomic mass is 10.2. The van der Waals surface area contributed by atoms with Gasteiger partial charge in [0, 0.05) is 35.1 Å². The van der Waals surface area contributed by atoms with E-state index in [0.717, 1.165) is 40.6 Å². The van der Waals surface area contributed by atoms with Gasteiger partial charge in [-0.2, -0.15) is 4.98 Å². The summed E-state index contributed by atoms with van der Waals surface area (Å²) >= 11 is 3.56. The van der Waals surface area contributed by atoms with Crippen molar-refractivity contribution in [1.29, 1.82) is 0 Å². The van der Waals surface area contributed by atoms with Gasteiger partial charge >= 0.3 is 0 Å². The first-order valence-corrected chi connectivity index (χ1v) is 12.1. The van der Waals surface area contributed by atoms with E-state index in [1.165, 1.54) is 0 Å². The lowest BCUT2D eigenvalue weighted by molar-refractivity contribution is 0.324. The molecular weight excluding hydrogens is 512 g/mol. The fourth-order valence-electron chi connectivity index (χ4n) is 3.86. The highest BCUT2D eigenvalue weighted by Crippen LogP contribution is 2.39. The van der Waals surface area contributed by atoms with Gasteiger partial charge in [0.05, 0.1) is 38.7 Å². The van der Waals surface area contributed by atoms with Crippen LogP contribution >= 0.6 is 15.9 Å². The van der Waals surface area contributed by atoms with Gasteiger partial charge in [-0.3, -0.25) is 0 Å². The van der Waals surface area contributed by atoms with Crippen molar-refractivity contribution in [2.75, 3.05) is 44.6 Å². The number of imidazole rings is 1. The third-order valence-corrected chi connectivity index (χ3v) is 6.08. The summed E-state index contributed by atoms with van der Waals surface area (Å²) in [5.74, 6) is 3.70. The first-order valence-electron chi connectivity index (χ1n) is 11.3. The van der Waals surface area contributed by atoms with Crippen LogP contribution in [0.5, 0.6) is 17.2 Å². The molecule has 2 heterocycles. The zero-order valence-electron chi connectivity index (χ0n) is 20.5. The SMILES string of the molecule is CCCN(CC)c1nc(Nc2cn(-c3cc(OC)c(OC)c(OC)c3)cn2)c2ccc(Br)cc2n1. The van der Waals surface area contributed by atoms with Crippen LogP contribution in [-0.2, 0) is 0 Å². The van der Waals surface area contributed by atoms with E-state index in [2.05, 4.69) is 45.0 Å². The highest BCUT2D eigenvalue weighted by molar-refractivity contribution is 9.10. The van der Waals surface area contributed by atoms with Gasteiger partial charge < -0.3 is 29.0 Å². The number of hydrogen-bond acceptors (Lipinski definition) is 8. The maximum atomic E-state index is 5.49. The Bertz CT molecular complexity index is 1300.